The largest absolute Gasteiger partial charge is 0.370 e. The molecule has 0 radical (unpaired) electrons. The van der Waals surface area contributed by atoms with Crippen molar-refractivity contribution in [1.29, 1.82) is 5.41 Å². The summed E-state index contributed by atoms with van der Waals surface area (Å²) in [7, 11) is 0. The average molecular weight is 160 g/mol. The number of amides is 1. The highest BCUT2D eigenvalue weighted by atomic mass is 16.1. The van der Waals surface area contributed by atoms with Crippen LogP contribution in [0.4, 0.5) is 0 Å². The Morgan fingerprint density at radius 2 is 1.27 bits per heavy atom. The molecule has 0 aromatic rings. The van der Waals surface area contributed by atoms with E-state index in [-0.39, 0.29) is 17.3 Å². The first-order chi connectivity index (χ1) is 4.68. The smallest absolute Gasteiger partial charge is 0.222 e. The predicted octanol–water partition coefficient (Wildman–Crippen LogP) is -0.644. The van der Waals surface area contributed by atoms with Crippen LogP contribution in [0.5, 0.6) is 0 Å². The molecule has 0 saturated heterocycles. The summed E-state index contributed by atoms with van der Waals surface area (Å²) in [5.74, 6) is -0.590. The molecule has 7 N–H and O–H groups in total. The number of nitrogens with two attached hydrogens (primary N) is 3. The van der Waals surface area contributed by atoms with Crippen LogP contribution in [0.15, 0.2) is 0 Å². The van der Waals surface area contributed by atoms with Crippen molar-refractivity contribution in [1.82, 2.24) is 0 Å². The van der Waals surface area contributed by atoms with Crippen LogP contribution in [-0.2, 0) is 4.79 Å². The average Bonchev–Trinajstić information content (AvgIpc) is 1.59. The van der Waals surface area contributed by atoms with Gasteiger partial charge in [0.1, 0.15) is 0 Å². The number of carbonyl (C=O) groups excluding carboxylic acids is 1. The Bertz CT molecular complexity index is 143. The zero-order chi connectivity index (χ0) is 9.65. The van der Waals surface area contributed by atoms with Gasteiger partial charge in [0.2, 0.25) is 5.91 Å². The summed E-state index contributed by atoms with van der Waals surface area (Å²) in [5, 5.41) is 6.06. The van der Waals surface area contributed by atoms with Gasteiger partial charge in [0, 0.05) is 5.41 Å². The van der Waals surface area contributed by atoms with E-state index in [1.54, 1.807) is 20.8 Å². The molecule has 0 saturated carbocycles. The number of nitrogens with one attached hydrogen (secondary N) is 1. The normalized spacial score (nSPS) is 9.36. The van der Waals surface area contributed by atoms with Crippen molar-refractivity contribution in [2.75, 3.05) is 0 Å². The molecule has 0 heterocycles. The van der Waals surface area contributed by atoms with E-state index in [0.29, 0.717) is 0 Å². The maximum atomic E-state index is 10.2. The van der Waals surface area contributed by atoms with Crippen molar-refractivity contribution in [2.24, 2.45) is 22.6 Å². The van der Waals surface area contributed by atoms with Crippen LogP contribution in [0.3, 0.4) is 0 Å². The highest BCUT2D eigenvalue weighted by Crippen LogP contribution is 2.09. The number of guanidine groups is 1. The molecule has 0 aliphatic heterocycles. The Labute approximate surface area is 66.4 Å². The van der Waals surface area contributed by atoms with Gasteiger partial charge in [-0.15, -0.1) is 0 Å². The molecule has 66 valence electrons. The molecule has 5 nitrogen and oxygen atoms in total. The van der Waals surface area contributed by atoms with Gasteiger partial charge >= 0.3 is 0 Å². The van der Waals surface area contributed by atoms with Gasteiger partial charge < -0.3 is 17.2 Å². The van der Waals surface area contributed by atoms with Crippen molar-refractivity contribution < 1.29 is 4.79 Å². The number of carbonyl (C=O) groups is 1. The van der Waals surface area contributed by atoms with Crippen molar-refractivity contribution in [3.8, 4) is 0 Å². The summed E-state index contributed by atoms with van der Waals surface area (Å²) >= 11 is 0. The molecule has 0 rings (SSSR count). The molecule has 0 spiro atoms. The topological polar surface area (TPSA) is 119 Å². The Morgan fingerprint density at radius 1 is 1.18 bits per heavy atom. The second kappa shape index (κ2) is 4.54. The molecular weight excluding hydrogens is 144 g/mol. The Balaban J connectivity index is 0. The van der Waals surface area contributed by atoms with Gasteiger partial charge in [0.25, 0.3) is 0 Å². The molecule has 0 aromatic heterocycles. The fourth-order valence-electron chi connectivity index (χ4n) is 0. The lowest BCUT2D eigenvalue weighted by Gasteiger charge is -2.10. The van der Waals surface area contributed by atoms with E-state index < -0.39 is 0 Å². The van der Waals surface area contributed by atoms with E-state index in [0.717, 1.165) is 0 Å². The van der Waals surface area contributed by atoms with Crippen LogP contribution < -0.4 is 17.2 Å². The maximum absolute atomic E-state index is 10.2. The first-order valence-corrected chi connectivity index (χ1v) is 3.07. The van der Waals surface area contributed by atoms with Crippen molar-refractivity contribution in [3.05, 3.63) is 0 Å². The van der Waals surface area contributed by atoms with Gasteiger partial charge in [0.15, 0.2) is 5.96 Å². The second-order valence-corrected chi connectivity index (χ2v) is 3.07. The lowest BCUT2D eigenvalue weighted by atomic mass is 9.96. The van der Waals surface area contributed by atoms with Crippen molar-refractivity contribution in [3.63, 3.8) is 0 Å². The minimum Gasteiger partial charge on any atom is -0.370 e. The Morgan fingerprint density at radius 3 is 1.27 bits per heavy atom. The minimum atomic E-state index is -0.361. The maximum Gasteiger partial charge on any atom is 0.222 e. The van der Waals surface area contributed by atoms with Gasteiger partial charge in [-0.25, -0.2) is 0 Å². The van der Waals surface area contributed by atoms with Crippen LogP contribution in [0.2, 0.25) is 0 Å². The zero-order valence-electron chi connectivity index (χ0n) is 7.14. The Kier molecular flexibility index (Phi) is 5.12. The molecule has 0 atom stereocenters. The van der Waals surface area contributed by atoms with Crippen LogP contribution >= 0.6 is 0 Å². The van der Waals surface area contributed by atoms with Crippen LogP contribution in [0.25, 0.3) is 0 Å². The highest BCUT2D eigenvalue weighted by molar-refractivity contribution is 5.79. The van der Waals surface area contributed by atoms with Gasteiger partial charge in [-0.1, -0.05) is 20.8 Å². The standard InChI is InChI=1S/C5H11NO.CH5N3/c1-5(2,3)4(6)7;2-1(3)4/h1-3H3,(H2,6,7);(H5,2,3,4). The van der Waals surface area contributed by atoms with E-state index in [4.69, 9.17) is 11.1 Å². The lowest BCUT2D eigenvalue weighted by Crippen LogP contribution is -2.27. The summed E-state index contributed by atoms with van der Waals surface area (Å²) in [6.07, 6.45) is 0. The lowest BCUT2D eigenvalue weighted by molar-refractivity contribution is -0.125. The Hall–Kier alpha value is -1.26. The SMILES string of the molecule is CC(C)(C)C(N)=O.N=C(N)N. The predicted molar refractivity (Wildman–Crippen MR) is 44.8 cm³/mol. The van der Waals surface area contributed by atoms with Crippen LogP contribution in [-0.4, -0.2) is 11.9 Å². The van der Waals surface area contributed by atoms with Gasteiger partial charge in [-0.2, -0.15) is 0 Å². The minimum absolute atomic E-state index is 0.257. The number of hydrogen-bond donors (Lipinski definition) is 4. The van der Waals surface area contributed by atoms with Gasteiger partial charge in [-0.05, 0) is 0 Å². The first-order valence-electron chi connectivity index (χ1n) is 3.07. The van der Waals surface area contributed by atoms with E-state index in [1.807, 2.05) is 0 Å². The number of rotatable bonds is 0. The quantitative estimate of drug-likeness (QED) is 0.278. The number of hydrogen-bond acceptors (Lipinski definition) is 2. The molecule has 0 unspecified atom stereocenters. The molecular formula is C6H16N4O. The third-order valence-electron chi connectivity index (χ3n) is 0.739. The summed E-state index contributed by atoms with van der Waals surface area (Å²) < 4.78 is 0. The van der Waals surface area contributed by atoms with E-state index in [1.165, 1.54) is 0 Å². The molecule has 0 aromatic carbocycles. The fourth-order valence-corrected chi connectivity index (χ4v) is 0. The molecule has 5 heteroatoms. The number of primary amides is 1. The zero-order valence-corrected chi connectivity index (χ0v) is 7.14. The molecule has 0 aliphatic rings. The third-order valence-corrected chi connectivity index (χ3v) is 0.739. The van der Waals surface area contributed by atoms with Gasteiger partial charge in [0.05, 0.1) is 0 Å². The molecule has 0 aliphatic carbocycles. The molecule has 11 heavy (non-hydrogen) atoms. The highest BCUT2D eigenvalue weighted by Gasteiger charge is 2.16. The van der Waals surface area contributed by atoms with Crippen LogP contribution in [0.1, 0.15) is 20.8 Å². The van der Waals surface area contributed by atoms with Crippen molar-refractivity contribution in [2.45, 2.75) is 20.8 Å². The van der Waals surface area contributed by atoms with Crippen LogP contribution in [0, 0.1) is 10.8 Å². The molecule has 1 amide bonds. The molecule has 0 fully saturated rings. The fraction of sp³-hybridized carbons (Fsp3) is 0.667. The van der Waals surface area contributed by atoms with E-state index in [2.05, 4.69) is 11.5 Å². The van der Waals surface area contributed by atoms with Gasteiger partial charge in [-0.3, -0.25) is 10.2 Å². The molecule has 0 bridgehead atoms. The monoisotopic (exact) mass is 160 g/mol. The van der Waals surface area contributed by atoms with Crippen molar-refractivity contribution >= 4 is 11.9 Å². The summed E-state index contributed by atoms with van der Waals surface area (Å²) in [6.45, 7) is 5.36. The van der Waals surface area contributed by atoms with E-state index in [9.17, 15) is 4.79 Å². The summed E-state index contributed by atoms with van der Waals surface area (Å²) in [5.41, 5.74) is 13.5. The summed E-state index contributed by atoms with van der Waals surface area (Å²) in [4.78, 5) is 10.2. The second-order valence-electron chi connectivity index (χ2n) is 3.07. The van der Waals surface area contributed by atoms with E-state index >= 15 is 0 Å². The first kappa shape index (κ1) is 12.4. The third kappa shape index (κ3) is 17.7. The summed E-state index contributed by atoms with van der Waals surface area (Å²) in [6, 6.07) is 0.